The molecular weight excluding hydrogens is 375 g/mol. The summed E-state index contributed by atoms with van der Waals surface area (Å²) in [6.45, 7) is 0. The van der Waals surface area contributed by atoms with Crippen LogP contribution in [0.3, 0.4) is 0 Å². The minimum Gasteiger partial charge on any atom is -0.459 e. The van der Waals surface area contributed by atoms with E-state index in [1.807, 2.05) is 0 Å². The van der Waals surface area contributed by atoms with E-state index in [0.717, 1.165) is 0 Å². The molecule has 4 nitrogen and oxygen atoms in total. The fourth-order valence-corrected chi connectivity index (χ4v) is 3.13. The first-order valence-corrected chi connectivity index (χ1v) is 9.20. The zero-order valence-corrected chi connectivity index (χ0v) is 15.5. The molecule has 0 aromatic heterocycles. The van der Waals surface area contributed by atoms with Crippen molar-refractivity contribution in [3.05, 3.63) is 69.7 Å². The molecule has 0 amide bonds. The summed E-state index contributed by atoms with van der Waals surface area (Å²) in [7, 11) is 0. The van der Waals surface area contributed by atoms with Gasteiger partial charge in [0.25, 0.3) is 0 Å². The summed E-state index contributed by atoms with van der Waals surface area (Å²) in [6, 6.07) is 13.2. The highest BCUT2D eigenvalue weighted by Gasteiger charge is 2.27. The summed E-state index contributed by atoms with van der Waals surface area (Å²) < 4.78 is 11.1. The smallest absolute Gasteiger partial charge is 0.338 e. The molecule has 1 saturated carbocycles. The summed E-state index contributed by atoms with van der Waals surface area (Å²) >= 11 is 11.6. The van der Waals surface area contributed by atoms with Gasteiger partial charge in [0.15, 0.2) is 0 Å². The number of rotatable bonds is 4. The van der Waals surface area contributed by atoms with Gasteiger partial charge in [0.2, 0.25) is 0 Å². The first kappa shape index (κ1) is 18.7. The molecule has 2 aromatic carbocycles. The number of benzene rings is 2. The Bertz CT molecular complexity index is 696. The molecule has 0 spiro atoms. The molecule has 0 unspecified atom stereocenters. The molecule has 0 radical (unpaired) electrons. The number of ether oxygens (including phenoxy) is 2. The minimum absolute atomic E-state index is 0.163. The maximum atomic E-state index is 12.1. The Hall–Kier alpha value is -2.04. The molecule has 0 bridgehead atoms. The number of halogens is 2. The molecule has 0 atom stereocenters. The maximum absolute atomic E-state index is 12.1. The average Bonchev–Trinajstić information content (AvgIpc) is 2.64. The van der Waals surface area contributed by atoms with E-state index in [2.05, 4.69) is 0 Å². The van der Waals surface area contributed by atoms with Gasteiger partial charge in [0.05, 0.1) is 11.1 Å². The first-order chi connectivity index (χ1) is 12.5. The summed E-state index contributed by atoms with van der Waals surface area (Å²) in [6.07, 6.45) is 2.33. The lowest BCUT2D eigenvalue weighted by Crippen LogP contribution is -2.29. The monoisotopic (exact) mass is 392 g/mol. The zero-order valence-electron chi connectivity index (χ0n) is 14.0. The zero-order chi connectivity index (χ0) is 18.5. The van der Waals surface area contributed by atoms with Crippen LogP contribution in [0.1, 0.15) is 46.4 Å². The van der Waals surface area contributed by atoms with E-state index < -0.39 is 0 Å². The SMILES string of the molecule is O=C(OC1CCC(OC(=O)c2ccc(Cl)cc2)CC1)c1ccc(Cl)cc1. The van der Waals surface area contributed by atoms with Crippen LogP contribution in [0, 0.1) is 0 Å². The van der Waals surface area contributed by atoms with E-state index in [0.29, 0.717) is 46.9 Å². The van der Waals surface area contributed by atoms with Gasteiger partial charge in [-0.05, 0) is 74.2 Å². The van der Waals surface area contributed by atoms with Crippen LogP contribution in [0.5, 0.6) is 0 Å². The molecule has 3 rings (SSSR count). The molecule has 1 fully saturated rings. The third kappa shape index (κ3) is 4.99. The van der Waals surface area contributed by atoms with E-state index in [1.165, 1.54) is 0 Å². The third-order valence-electron chi connectivity index (χ3n) is 4.33. The van der Waals surface area contributed by atoms with Gasteiger partial charge < -0.3 is 9.47 Å². The maximum Gasteiger partial charge on any atom is 0.338 e. The summed E-state index contributed by atoms with van der Waals surface area (Å²) in [4.78, 5) is 24.3. The number of hydrogen-bond donors (Lipinski definition) is 0. The van der Waals surface area contributed by atoms with Gasteiger partial charge >= 0.3 is 11.9 Å². The molecule has 0 heterocycles. The van der Waals surface area contributed by atoms with Crippen LogP contribution < -0.4 is 0 Å². The standard InChI is InChI=1S/C20H18Cl2O4/c21-15-5-1-13(2-6-15)19(23)25-17-9-11-18(12-10-17)26-20(24)14-3-7-16(22)8-4-14/h1-8,17-18H,9-12H2. The van der Waals surface area contributed by atoms with Crippen molar-refractivity contribution in [1.29, 1.82) is 0 Å². The molecule has 0 aliphatic heterocycles. The Kier molecular flexibility index (Phi) is 6.17. The van der Waals surface area contributed by atoms with Crippen molar-refractivity contribution in [3.63, 3.8) is 0 Å². The van der Waals surface area contributed by atoms with Crippen molar-refractivity contribution < 1.29 is 19.1 Å². The first-order valence-electron chi connectivity index (χ1n) is 8.44. The third-order valence-corrected chi connectivity index (χ3v) is 4.83. The van der Waals surface area contributed by atoms with E-state index in [4.69, 9.17) is 32.7 Å². The number of hydrogen-bond acceptors (Lipinski definition) is 4. The van der Waals surface area contributed by atoms with Gasteiger partial charge in [0.1, 0.15) is 12.2 Å². The predicted octanol–water partition coefficient (Wildman–Crippen LogP) is 5.32. The largest absolute Gasteiger partial charge is 0.459 e. The van der Waals surface area contributed by atoms with Gasteiger partial charge in [-0.3, -0.25) is 0 Å². The van der Waals surface area contributed by atoms with Crippen LogP contribution in [-0.2, 0) is 9.47 Å². The molecule has 1 aliphatic carbocycles. The molecule has 6 heteroatoms. The molecule has 2 aromatic rings. The van der Waals surface area contributed by atoms with Crippen molar-refractivity contribution >= 4 is 35.1 Å². The summed E-state index contributed by atoms with van der Waals surface area (Å²) in [5.74, 6) is -0.716. The Morgan fingerprint density at radius 3 is 1.27 bits per heavy atom. The quantitative estimate of drug-likeness (QED) is 0.660. The van der Waals surface area contributed by atoms with Gasteiger partial charge in [-0.1, -0.05) is 23.2 Å². The molecule has 0 N–H and O–H groups in total. The Labute approximate surface area is 162 Å². The highest BCUT2D eigenvalue weighted by atomic mass is 35.5. The number of carbonyl (C=O) groups excluding carboxylic acids is 2. The average molecular weight is 393 g/mol. The van der Waals surface area contributed by atoms with Crippen LogP contribution in [0.2, 0.25) is 10.0 Å². The molecule has 1 aliphatic rings. The van der Waals surface area contributed by atoms with E-state index in [1.54, 1.807) is 48.5 Å². The summed E-state index contributed by atoms with van der Waals surface area (Å²) in [5.41, 5.74) is 0.955. The van der Waals surface area contributed by atoms with E-state index >= 15 is 0 Å². The second-order valence-corrected chi connectivity index (χ2v) is 7.10. The summed E-state index contributed by atoms with van der Waals surface area (Å²) in [5, 5.41) is 1.15. The normalized spacial score (nSPS) is 19.6. The predicted molar refractivity (Wildman–Crippen MR) is 99.8 cm³/mol. The van der Waals surface area contributed by atoms with Gasteiger partial charge in [0, 0.05) is 10.0 Å². The van der Waals surface area contributed by atoms with E-state index in [9.17, 15) is 9.59 Å². The lowest BCUT2D eigenvalue weighted by atomic mass is 9.95. The highest BCUT2D eigenvalue weighted by molar-refractivity contribution is 6.30. The van der Waals surface area contributed by atoms with Gasteiger partial charge in [-0.25, -0.2) is 9.59 Å². The lowest BCUT2D eigenvalue weighted by molar-refractivity contribution is -0.0108. The number of esters is 2. The van der Waals surface area contributed by atoms with Crippen molar-refractivity contribution in [2.45, 2.75) is 37.9 Å². The topological polar surface area (TPSA) is 52.6 Å². The van der Waals surface area contributed by atoms with Crippen LogP contribution in [0.25, 0.3) is 0 Å². The van der Waals surface area contributed by atoms with Crippen molar-refractivity contribution in [2.24, 2.45) is 0 Å². The van der Waals surface area contributed by atoms with Crippen LogP contribution in [0.4, 0.5) is 0 Å². The van der Waals surface area contributed by atoms with Gasteiger partial charge in [-0.15, -0.1) is 0 Å². The Balaban J connectivity index is 1.46. The van der Waals surface area contributed by atoms with Crippen LogP contribution >= 0.6 is 23.2 Å². The lowest BCUT2D eigenvalue weighted by Gasteiger charge is -2.28. The second-order valence-electron chi connectivity index (χ2n) is 6.22. The fraction of sp³-hybridized carbons (Fsp3) is 0.300. The van der Waals surface area contributed by atoms with Crippen molar-refractivity contribution in [2.75, 3.05) is 0 Å². The Morgan fingerprint density at radius 2 is 0.962 bits per heavy atom. The van der Waals surface area contributed by atoms with E-state index in [-0.39, 0.29) is 24.1 Å². The Morgan fingerprint density at radius 1 is 0.654 bits per heavy atom. The van der Waals surface area contributed by atoms with Crippen molar-refractivity contribution in [3.8, 4) is 0 Å². The fourth-order valence-electron chi connectivity index (χ4n) is 2.88. The van der Waals surface area contributed by atoms with Crippen LogP contribution in [0.15, 0.2) is 48.5 Å². The molecular formula is C20H18Cl2O4. The molecule has 0 saturated heterocycles. The molecule has 26 heavy (non-hydrogen) atoms. The minimum atomic E-state index is -0.358. The van der Waals surface area contributed by atoms with Crippen molar-refractivity contribution in [1.82, 2.24) is 0 Å². The number of carbonyl (C=O) groups is 2. The molecule has 136 valence electrons. The van der Waals surface area contributed by atoms with Crippen LogP contribution in [-0.4, -0.2) is 24.1 Å². The second kappa shape index (κ2) is 8.56. The highest BCUT2D eigenvalue weighted by Crippen LogP contribution is 2.25. The van der Waals surface area contributed by atoms with Gasteiger partial charge in [-0.2, -0.15) is 0 Å².